The number of aromatic nitrogens is 2. The predicted octanol–water partition coefficient (Wildman–Crippen LogP) is 3.67. The van der Waals surface area contributed by atoms with E-state index in [0.29, 0.717) is 10.7 Å². The molecule has 0 spiro atoms. The van der Waals surface area contributed by atoms with Crippen molar-refractivity contribution >= 4 is 49.8 Å². The van der Waals surface area contributed by atoms with Gasteiger partial charge in [0.2, 0.25) is 0 Å². The molecule has 0 radical (unpaired) electrons. The highest BCUT2D eigenvalue weighted by Gasteiger charge is 2.16. The minimum atomic E-state index is -3.73. The number of sulfonamides is 1. The van der Waals surface area contributed by atoms with Crippen molar-refractivity contribution in [2.75, 3.05) is 4.72 Å². The minimum absolute atomic E-state index is 0.0432. The van der Waals surface area contributed by atoms with Crippen molar-refractivity contribution in [1.82, 2.24) is 10.2 Å². The maximum Gasteiger partial charge on any atom is 0.261 e. The Morgan fingerprint density at radius 1 is 1.05 bits per heavy atom. The van der Waals surface area contributed by atoms with E-state index in [-0.39, 0.29) is 9.92 Å². The SMILES string of the molecule is O=S(=O)(Nc1ccc2cn[nH]c2c1)c1ccc(Cl)c(Cl)c1. The Hall–Kier alpha value is -1.76. The Bertz CT molecular complexity index is 922. The maximum absolute atomic E-state index is 12.3. The van der Waals surface area contributed by atoms with E-state index in [4.69, 9.17) is 23.2 Å². The first-order valence-corrected chi connectivity index (χ1v) is 8.11. The number of nitrogens with zero attached hydrogens (tertiary/aromatic N) is 1. The second kappa shape index (κ2) is 5.22. The number of H-pyrrole nitrogens is 1. The summed E-state index contributed by atoms with van der Waals surface area (Å²) in [5.74, 6) is 0. The van der Waals surface area contributed by atoms with Crippen molar-refractivity contribution in [3.8, 4) is 0 Å². The molecule has 0 saturated heterocycles. The van der Waals surface area contributed by atoms with Crippen LogP contribution in [0.2, 0.25) is 10.0 Å². The first kappa shape index (κ1) is 14.2. The second-order valence-corrected chi connectivity index (χ2v) is 6.85. The van der Waals surface area contributed by atoms with Crippen LogP contribution in [0.15, 0.2) is 47.5 Å². The standard InChI is InChI=1S/C13H9Cl2N3O2S/c14-11-4-3-10(6-12(11)15)21(19,20)18-9-2-1-8-7-16-17-13(8)5-9/h1-7,18H,(H,16,17). The molecule has 2 aromatic carbocycles. The van der Waals surface area contributed by atoms with Gasteiger partial charge in [-0.25, -0.2) is 8.42 Å². The normalized spacial score (nSPS) is 11.7. The van der Waals surface area contributed by atoms with Gasteiger partial charge in [-0.05, 0) is 36.4 Å². The zero-order valence-corrected chi connectivity index (χ0v) is 12.8. The molecule has 0 unspecified atom stereocenters. The lowest BCUT2D eigenvalue weighted by molar-refractivity contribution is 0.601. The largest absolute Gasteiger partial charge is 0.280 e. The van der Waals surface area contributed by atoms with Gasteiger partial charge in [0.25, 0.3) is 10.0 Å². The molecule has 2 N–H and O–H groups in total. The lowest BCUT2D eigenvalue weighted by Crippen LogP contribution is -2.12. The van der Waals surface area contributed by atoms with Crippen LogP contribution in [0.1, 0.15) is 0 Å². The Morgan fingerprint density at radius 2 is 1.86 bits per heavy atom. The summed E-state index contributed by atoms with van der Waals surface area (Å²) in [7, 11) is -3.73. The molecule has 3 aromatic rings. The van der Waals surface area contributed by atoms with E-state index in [1.165, 1.54) is 18.2 Å². The van der Waals surface area contributed by atoms with Gasteiger partial charge in [-0.2, -0.15) is 5.10 Å². The summed E-state index contributed by atoms with van der Waals surface area (Å²) in [6.07, 6.45) is 1.66. The fraction of sp³-hybridized carbons (Fsp3) is 0. The second-order valence-electron chi connectivity index (χ2n) is 4.35. The summed E-state index contributed by atoms with van der Waals surface area (Å²) in [6.45, 7) is 0. The summed E-state index contributed by atoms with van der Waals surface area (Å²) < 4.78 is 27.1. The topological polar surface area (TPSA) is 74.8 Å². The van der Waals surface area contributed by atoms with Crippen LogP contribution in [0.25, 0.3) is 10.9 Å². The van der Waals surface area contributed by atoms with Crippen LogP contribution >= 0.6 is 23.2 Å². The molecule has 1 heterocycles. The van der Waals surface area contributed by atoms with Crippen LogP contribution in [0, 0.1) is 0 Å². The molecule has 0 aliphatic heterocycles. The minimum Gasteiger partial charge on any atom is -0.280 e. The summed E-state index contributed by atoms with van der Waals surface area (Å²) in [5, 5.41) is 8.04. The Kier molecular flexibility index (Phi) is 3.52. The highest BCUT2D eigenvalue weighted by atomic mass is 35.5. The van der Waals surface area contributed by atoms with Gasteiger partial charge in [-0.1, -0.05) is 23.2 Å². The third-order valence-electron chi connectivity index (χ3n) is 2.90. The Balaban J connectivity index is 1.96. The van der Waals surface area contributed by atoms with Gasteiger partial charge in [0, 0.05) is 5.39 Å². The quantitative estimate of drug-likeness (QED) is 0.763. The number of fused-ring (bicyclic) bond motifs is 1. The smallest absolute Gasteiger partial charge is 0.261 e. The zero-order valence-electron chi connectivity index (χ0n) is 10.5. The molecule has 0 atom stereocenters. The van der Waals surface area contributed by atoms with Gasteiger partial charge in [0.05, 0.1) is 32.3 Å². The van der Waals surface area contributed by atoms with Crippen molar-refractivity contribution in [1.29, 1.82) is 0 Å². The third-order valence-corrected chi connectivity index (χ3v) is 5.01. The number of hydrogen-bond acceptors (Lipinski definition) is 3. The van der Waals surface area contributed by atoms with Crippen molar-refractivity contribution < 1.29 is 8.42 Å². The first-order chi connectivity index (χ1) is 9.95. The number of rotatable bonds is 3. The molecule has 0 aliphatic rings. The van der Waals surface area contributed by atoms with Gasteiger partial charge >= 0.3 is 0 Å². The molecule has 0 fully saturated rings. The summed E-state index contributed by atoms with van der Waals surface area (Å²) >= 11 is 11.6. The number of anilines is 1. The zero-order chi connectivity index (χ0) is 15.0. The van der Waals surface area contributed by atoms with Crippen molar-refractivity contribution in [3.05, 3.63) is 52.6 Å². The molecule has 3 rings (SSSR count). The summed E-state index contributed by atoms with van der Waals surface area (Å²) in [4.78, 5) is 0.0432. The van der Waals surface area contributed by atoms with E-state index in [9.17, 15) is 8.42 Å². The molecule has 21 heavy (non-hydrogen) atoms. The number of hydrogen-bond donors (Lipinski definition) is 2. The van der Waals surface area contributed by atoms with Crippen molar-refractivity contribution in [2.24, 2.45) is 0 Å². The average Bonchev–Trinajstić information content (AvgIpc) is 2.88. The van der Waals surface area contributed by atoms with Crippen molar-refractivity contribution in [3.63, 3.8) is 0 Å². The number of benzene rings is 2. The molecule has 8 heteroatoms. The van der Waals surface area contributed by atoms with Gasteiger partial charge < -0.3 is 0 Å². The molecular weight excluding hydrogens is 333 g/mol. The lowest BCUT2D eigenvalue weighted by Gasteiger charge is -2.09. The monoisotopic (exact) mass is 341 g/mol. The fourth-order valence-corrected chi connectivity index (χ4v) is 3.30. The first-order valence-electron chi connectivity index (χ1n) is 5.87. The molecule has 5 nitrogen and oxygen atoms in total. The van der Waals surface area contributed by atoms with E-state index in [0.717, 1.165) is 10.9 Å². The van der Waals surface area contributed by atoms with Crippen LogP contribution in [0.5, 0.6) is 0 Å². The maximum atomic E-state index is 12.3. The number of halogens is 2. The Morgan fingerprint density at radius 3 is 2.62 bits per heavy atom. The third kappa shape index (κ3) is 2.83. The molecule has 0 aliphatic carbocycles. The van der Waals surface area contributed by atoms with Gasteiger partial charge in [0.1, 0.15) is 0 Å². The molecular formula is C13H9Cl2N3O2S. The summed E-state index contributed by atoms with van der Waals surface area (Å²) in [5.41, 5.74) is 1.17. The lowest BCUT2D eigenvalue weighted by atomic mass is 10.2. The molecule has 0 saturated carbocycles. The van der Waals surface area contributed by atoms with E-state index in [1.54, 1.807) is 24.4 Å². The van der Waals surface area contributed by atoms with Crippen LogP contribution in [-0.2, 0) is 10.0 Å². The predicted molar refractivity (Wildman–Crippen MR) is 83.4 cm³/mol. The molecule has 1 aromatic heterocycles. The van der Waals surface area contributed by atoms with E-state index >= 15 is 0 Å². The number of nitrogens with one attached hydrogen (secondary N) is 2. The molecule has 108 valence electrons. The van der Waals surface area contributed by atoms with E-state index in [1.807, 2.05) is 0 Å². The molecule has 0 amide bonds. The van der Waals surface area contributed by atoms with Gasteiger partial charge in [0.15, 0.2) is 0 Å². The molecule has 0 bridgehead atoms. The fourth-order valence-electron chi connectivity index (χ4n) is 1.86. The van der Waals surface area contributed by atoms with E-state index in [2.05, 4.69) is 14.9 Å². The highest BCUT2D eigenvalue weighted by molar-refractivity contribution is 7.92. The van der Waals surface area contributed by atoms with Crippen LogP contribution in [-0.4, -0.2) is 18.6 Å². The van der Waals surface area contributed by atoms with Crippen LogP contribution in [0.3, 0.4) is 0 Å². The van der Waals surface area contributed by atoms with Crippen LogP contribution in [0.4, 0.5) is 5.69 Å². The van der Waals surface area contributed by atoms with Gasteiger partial charge in [-0.3, -0.25) is 9.82 Å². The van der Waals surface area contributed by atoms with Crippen molar-refractivity contribution in [2.45, 2.75) is 4.90 Å². The number of aromatic amines is 1. The average molecular weight is 342 g/mol. The van der Waals surface area contributed by atoms with Crippen LogP contribution < -0.4 is 4.72 Å². The van der Waals surface area contributed by atoms with E-state index < -0.39 is 10.0 Å². The Labute approximate surface area is 130 Å². The highest BCUT2D eigenvalue weighted by Crippen LogP contribution is 2.26. The van der Waals surface area contributed by atoms with Gasteiger partial charge in [-0.15, -0.1) is 0 Å². The summed E-state index contributed by atoms with van der Waals surface area (Å²) in [6, 6.07) is 9.23.